The van der Waals surface area contributed by atoms with Crippen molar-refractivity contribution in [1.82, 2.24) is 5.32 Å². The molecule has 1 saturated heterocycles. The van der Waals surface area contributed by atoms with Crippen LogP contribution in [0.25, 0.3) is 0 Å². The summed E-state index contributed by atoms with van der Waals surface area (Å²) in [7, 11) is 0. The molecule has 2 amide bonds. The number of fused-ring (bicyclic) bond motifs is 2. The minimum Gasteiger partial charge on any atom is -0.464 e. The average Bonchev–Trinajstić information content (AvgIpc) is 3.41. The van der Waals surface area contributed by atoms with Crippen molar-refractivity contribution < 1.29 is 28.7 Å². The highest BCUT2D eigenvalue weighted by molar-refractivity contribution is 6.28. The van der Waals surface area contributed by atoms with E-state index >= 15 is 0 Å². The highest BCUT2D eigenvalue weighted by atomic mass is 16.6. The van der Waals surface area contributed by atoms with Crippen LogP contribution in [0.1, 0.15) is 49.4 Å². The van der Waals surface area contributed by atoms with E-state index in [0.717, 1.165) is 10.5 Å². The molecule has 2 heterocycles. The van der Waals surface area contributed by atoms with Crippen molar-refractivity contribution in [3.8, 4) is 0 Å². The molecule has 0 unspecified atom stereocenters. The summed E-state index contributed by atoms with van der Waals surface area (Å²) in [6, 6.07) is 24.7. The van der Waals surface area contributed by atoms with Crippen molar-refractivity contribution in [2.45, 2.75) is 43.7 Å². The fraction of sp³-hybridized carbons (Fsp3) is 0.290. The minimum atomic E-state index is -2.29. The second-order valence-electron chi connectivity index (χ2n) is 9.60. The zero-order valence-electron chi connectivity index (χ0n) is 22.0. The SMILES string of the molecule is CCOC(=O)C1(C(=O)OCC)N[C@H](c2ccccc2)[C@@H](c2ccccc2)[C@]12C(=O)N(C(C)=O)c1ccccc12. The van der Waals surface area contributed by atoms with Gasteiger partial charge in [-0.1, -0.05) is 78.9 Å². The number of imide groups is 1. The lowest BCUT2D eigenvalue weighted by Gasteiger charge is -2.40. The fourth-order valence-electron chi connectivity index (χ4n) is 6.33. The van der Waals surface area contributed by atoms with Crippen LogP contribution in [0, 0.1) is 0 Å². The molecule has 1 spiro atoms. The van der Waals surface area contributed by atoms with Gasteiger partial charge in [-0.25, -0.2) is 14.5 Å². The predicted molar refractivity (Wildman–Crippen MR) is 144 cm³/mol. The summed E-state index contributed by atoms with van der Waals surface area (Å²) in [5.74, 6) is -3.88. The molecule has 0 aromatic heterocycles. The molecule has 3 aromatic rings. The van der Waals surface area contributed by atoms with Crippen LogP contribution >= 0.6 is 0 Å². The lowest BCUT2D eigenvalue weighted by molar-refractivity contribution is -0.171. The molecule has 5 rings (SSSR count). The monoisotopic (exact) mass is 526 g/mol. The van der Waals surface area contributed by atoms with Gasteiger partial charge in [0.1, 0.15) is 5.41 Å². The van der Waals surface area contributed by atoms with Gasteiger partial charge in [0.25, 0.3) is 0 Å². The Kier molecular flexibility index (Phi) is 6.82. The number of anilines is 1. The number of ether oxygens (including phenoxy) is 2. The van der Waals surface area contributed by atoms with E-state index in [9.17, 15) is 19.2 Å². The van der Waals surface area contributed by atoms with Crippen molar-refractivity contribution in [1.29, 1.82) is 0 Å². The van der Waals surface area contributed by atoms with Crippen LogP contribution < -0.4 is 10.2 Å². The van der Waals surface area contributed by atoms with Crippen molar-refractivity contribution >= 4 is 29.4 Å². The van der Waals surface area contributed by atoms with Crippen LogP contribution in [-0.4, -0.2) is 42.5 Å². The van der Waals surface area contributed by atoms with Gasteiger partial charge in [-0.3, -0.25) is 14.9 Å². The third-order valence-corrected chi connectivity index (χ3v) is 7.67. The Hall–Kier alpha value is -4.30. The van der Waals surface area contributed by atoms with E-state index < -0.39 is 46.7 Å². The van der Waals surface area contributed by atoms with E-state index in [0.29, 0.717) is 16.8 Å². The average molecular weight is 527 g/mol. The number of benzene rings is 3. The summed E-state index contributed by atoms with van der Waals surface area (Å²) in [6.07, 6.45) is 0. The molecule has 1 N–H and O–H groups in total. The van der Waals surface area contributed by atoms with Crippen molar-refractivity contribution in [3.63, 3.8) is 0 Å². The topological polar surface area (TPSA) is 102 Å². The molecule has 0 radical (unpaired) electrons. The lowest BCUT2D eigenvalue weighted by Crippen LogP contribution is -2.70. The molecular weight excluding hydrogens is 496 g/mol. The smallest absolute Gasteiger partial charge is 0.339 e. The van der Waals surface area contributed by atoms with Crippen LogP contribution in [0.4, 0.5) is 5.69 Å². The Labute approximate surface area is 226 Å². The quantitative estimate of drug-likeness (QED) is 0.385. The van der Waals surface area contributed by atoms with E-state index in [-0.39, 0.29) is 13.2 Å². The van der Waals surface area contributed by atoms with Gasteiger partial charge >= 0.3 is 11.9 Å². The van der Waals surface area contributed by atoms with Gasteiger partial charge in [0, 0.05) is 18.9 Å². The molecule has 0 aliphatic carbocycles. The molecule has 39 heavy (non-hydrogen) atoms. The van der Waals surface area contributed by atoms with E-state index in [1.54, 1.807) is 38.1 Å². The zero-order valence-corrected chi connectivity index (χ0v) is 22.0. The van der Waals surface area contributed by atoms with Gasteiger partial charge in [0.05, 0.1) is 18.9 Å². The number of carbonyl (C=O) groups excluding carboxylic acids is 4. The maximum Gasteiger partial charge on any atom is 0.339 e. The van der Waals surface area contributed by atoms with Gasteiger partial charge in [0.15, 0.2) is 0 Å². The number of amides is 2. The Bertz CT molecular complexity index is 1410. The molecule has 200 valence electrons. The second-order valence-corrected chi connectivity index (χ2v) is 9.60. The first-order valence-electron chi connectivity index (χ1n) is 13.0. The zero-order chi connectivity index (χ0) is 27.8. The third kappa shape index (κ3) is 3.62. The highest BCUT2D eigenvalue weighted by Gasteiger charge is 2.80. The van der Waals surface area contributed by atoms with Crippen LogP contribution in [0.15, 0.2) is 84.9 Å². The molecule has 8 nitrogen and oxygen atoms in total. The van der Waals surface area contributed by atoms with E-state index in [2.05, 4.69) is 5.32 Å². The predicted octanol–water partition coefficient (Wildman–Crippen LogP) is 3.81. The second kappa shape index (κ2) is 10.1. The molecular formula is C31H30N2O6. The first kappa shape index (κ1) is 26.3. The maximum absolute atomic E-state index is 14.9. The minimum absolute atomic E-state index is 0.0317. The standard InChI is InChI=1S/C31H30N2O6/c1-4-38-28(36)31(29(37)39-5-2)30(23-18-12-13-19-24(23)33(20(3)34)27(30)35)25(21-14-8-6-9-15-21)26(32-31)22-16-10-7-11-17-22/h6-19,25-26,32H,4-5H2,1-3H3/t25-,26-,30-/m1/s1. The van der Waals surface area contributed by atoms with Gasteiger partial charge in [0.2, 0.25) is 17.4 Å². The third-order valence-electron chi connectivity index (χ3n) is 7.67. The molecule has 1 fully saturated rings. The molecule has 8 heteroatoms. The Morgan fingerprint density at radius 1 is 0.795 bits per heavy atom. The molecule has 0 bridgehead atoms. The lowest BCUT2D eigenvalue weighted by atomic mass is 9.58. The first-order valence-corrected chi connectivity index (χ1v) is 13.0. The summed E-state index contributed by atoms with van der Waals surface area (Å²) >= 11 is 0. The Balaban J connectivity index is 1.96. The number of hydrogen-bond donors (Lipinski definition) is 1. The number of nitrogens with zero attached hydrogens (tertiary/aromatic N) is 1. The number of esters is 2. The van der Waals surface area contributed by atoms with E-state index in [1.165, 1.54) is 6.92 Å². The molecule has 3 aromatic carbocycles. The van der Waals surface area contributed by atoms with Gasteiger partial charge in [-0.05, 0) is 36.6 Å². The number of carbonyl (C=O) groups is 4. The van der Waals surface area contributed by atoms with Crippen LogP contribution in [-0.2, 0) is 34.1 Å². The van der Waals surface area contributed by atoms with Crippen molar-refractivity contribution in [3.05, 3.63) is 102 Å². The normalized spacial score (nSPS) is 22.9. The molecule has 2 aliphatic rings. The van der Waals surface area contributed by atoms with Crippen LogP contribution in [0.5, 0.6) is 0 Å². The molecule has 2 aliphatic heterocycles. The Morgan fingerprint density at radius 3 is 1.85 bits per heavy atom. The largest absolute Gasteiger partial charge is 0.464 e. The van der Waals surface area contributed by atoms with E-state index in [1.807, 2.05) is 60.7 Å². The summed E-state index contributed by atoms with van der Waals surface area (Å²) in [5, 5.41) is 3.29. The maximum atomic E-state index is 14.9. The molecule has 3 atom stereocenters. The number of rotatable bonds is 6. The summed E-state index contributed by atoms with van der Waals surface area (Å²) < 4.78 is 11.1. The van der Waals surface area contributed by atoms with Crippen LogP contribution in [0.3, 0.4) is 0 Å². The number of nitrogens with one attached hydrogen (secondary N) is 1. The molecule has 0 saturated carbocycles. The fourth-order valence-corrected chi connectivity index (χ4v) is 6.33. The van der Waals surface area contributed by atoms with Gasteiger partial charge in [-0.2, -0.15) is 0 Å². The highest BCUT2D eigenvalue weighted by Crippen LogP contribution is 2.64. The van der Waals surface area contributed by atoms with Gasteiger partial charge < -0.3 is 9.47 Å². The van der Waals surface area contributed by atoms with Crippen molar-refractivity contribution in [2.75, 3.05) is 18.1 Å². The van der Waals surface area contributed by atoms with Gasteiger partial charge in [-0.15, -0.1) is 0 Å². The number of para-hydroxylation sites is 1. The first-order chi connectivity index (χ1) is 18.9. The van der Waals surface area contributed by atoms with E-state index in [4.69, 9.17) is 9.47 Å². The number of hydrogen-bond acceptors (Lipinski definition) is 7. The summed E-state index contributed by atoms with van der Waals surface area (Å²) in [6.45, 7) is 4.49. The summed E-state index contributed by atoms with van der Waals surface area (Å²) in [5.41, 5.74) is -2.03. The summed E-state index contributed by atoms with van der Waals surface area (Å²) in [4.78, 5) is 57.3. The Morgan fingerprint density at radius 2 is 1.31 bits per heavy atom. The van der Waals surface area contributed by atoms with Crippen molar-refractivity contribution in [2.24, 2.45) is 0 Å². The van der Waals surface area contributed by atoms with Crippen LogP contribution in [0.2, 0.25) is 0 Å².